The maximum Gasteiger partial charge on any atom is 0.139 e. The van der Waals surface area contributed by atoms with Gasteiger partial charge in [0.2, 0.25) is 0 Å². The van der Waals surface area contributed by atoms with E-state index in [1.807, 2.05) is 6.20 Å². The first-order valence-electron chi connectivity index (χ1n) is 8.20. The van der Waals surface area contributed by atoms with Gasteiger partial charge in [-0.1, -0.05) is 0 Å². The lowest BCUT2D eigenvalue weighted by atomic mass is 9.47. The van der Waals surface area contributed by atoms with Crippen molar-refractivity contribution in [2.24, 2.45) is 23.2 Å². The van der Waals surface area contributed by atoms with E-state index in [-0.39, 0.29) is 0 Å². The summed E-state index contributed by atoms with van der Waals surface area (Å²) in [5, 5.41) is 8.23. The second kappa shape index (κ2) is 4.02. The highest BCUT2D eigenvalue weighted by Crippen LogP contribution is 2.64. The van der Waals surface area contributed by atoms with Crippen LogP contribution in [0.5, 0.6) is 0 Å². The monoisotopic (exact) mass is 335 g/mol. The molecule has 4 heteroatoms. The van der Waals surface area contributed by atoms with Crippen LogP contribution in [0.15, 0.2) is 10.7 Å². The standard InChI is InChI=1S/C16H22BrN3/c17-13-9-19-20-14(1-2-18-15(13)20)16-6-10-3-11(7-16)5-12(4-10)8-16/h9-12,14,18H,1-8H2. The lowest BCUT2D eigenvalue weighted by molar-refractivity contribution is -0.0868. The van der Waals surface area contributed by atoms with Crippen LogP contribution < -0.4 is 5.32 Å². The van der Waals surface area contributed by atoms with Crippen LogP contribution >= 0.6 is 15.9 Å². The van der Waals surface area contributed by atoms with Gasteiger partial charge in [0.15, 0.2) is 0 Å². The van der Waals surface area contributed by atoms with E-state index >= 15 is 0 Å². The van der Waals surface area contributed by atoms with E-state index in [1.54, 1.807) is 0 Å². The third kappa shape index (κ3) is 1.54. The summed E-state index contributed by atoms with van der Waals surface area (Å²) in [5.41, 5.74) is 0.567. The molecule has 4 fully saturated rings. The first-order chi connectivity index (χ1) is 9.73. The Morgan fingerprint density at radius 2 is 1.80 bits per heavy atom. The zero-order valence-corrected chi connectivity index (χ0v) is 13.4. The molecule has 1 unspecified atom stereocenters. The molecule has 1 atom stereocenters. The van der Waals surface area contributed by atoms with Crippen molar-refractivity contribution in [3.8, 4) is 0 Å². The van der Waals surface area contributed by atoms with E-state index < -0.39 is 0 Å². The van der Waals surface area contributed by atoms with Crippen molar-refractivity contribution in [1.29, 1.82) is 0 Å². The normalized spacial score (nSPS) is 45.2. The third-order valence-electron chi connectivity index (χ3n) is 6.55. The largest absolute Gasteiger partial charge is 0.369 e. The van der Waals surface area contributed by atoms with Crippen LogP contribution in [-0.2, 0) is 0 Å². The topological polar surface area (TPSA) is 29.9 Å². The van der Waals surface area contributed by atoms with E-state index in [9.17, 15) is 0 Å². The minimum atomic E-state index is 0.567. The van der Waals surface area contributed by atoms with Gasteiger partial charge in [0.05, 0.1) is 16.7 Å². The van der Waals surface area contributed by atoms with Crippen molar-refractivity contribution >= 4 is 21.7 Å². The summed E-state index contributed by atoms with van der Waals surface area (Å²) < 4.78 is 3.45. The predicted octanol–water partition coefficient (Wildman–Crippen LogP) is 4.22. The Morgan fingerprint density at radius 3 is 2.45 bits per heavy atom. The maximum atomic E-state index is 4.70. The fourth-order valence-electron chi connectivity index (χ4n) is 6.34. The molecule has 3 nitrogen and oxygen atoms in total. The van der Waals surface area contributed by atoms with Crippen LogP contribution in [0.2, 0.25) is 0 Å². The second-order valence-electron chi connectivity index (χ2n) is 7.80. The first kappa shape index (κ1) is 12.1. The molecule has 0 saturated heterocycles. The summed E-state index contributed by atoms with van der Waals surface area (Å²) in [6.45, 7) is 1.11. The molecule has 1 aromatic rings. The van der Waals surface area contributed by atoms with Gasteiger partial charge in [-0.25, -0.2) is 4.68 Å². The molecule has 1 aliphatic heterocycles. The van der Waals surface area contributed by atoms with Crippen molar-refractivity contribution in [3.63, 3.8) is 0 Å². The molecule has 0 aromatic carbocycles. The van der Waals surface area contributed by atoms with Gasteiger partial charge in [-0.15, -0.1) is 0 Å². The minimum Gasteiger partial charge on any atom is -0.369 e. The highest BCUT2D eigenvalue weighted by molar-refractivity contribution is 9.10. The fraction of sp³-hybridized carbons (Fsp3) is 0.812. The molecule has 4 aliphatic carbocycles. The number of fused-ring (bicyclic) bond motifs is 1. The molecule has 6 rings (SSSR count). The minimum absolute atomic E-state index is 0.567. The Hall–Kier alpha value is -0.510. The molecule has 0 radical (unpaired) electrons. The average Bonchev–Trinajstić information content (AvgIpc) is 2.79. The van der Waals surface area contributed by atoms with Gasteiger partial charge in [-0.05, 0) is 84.0 Å². The van der Waals surface area contributed by atoms with Gasteiger partial charge in [-0.2, -0.15) is 5.10 Å². The maximum absolute atomic E-state index is 4.70. The molecule has 1 N–H and O–H groups in total. The van der Waals surface area contributed by atoms with Crippen molar-refractivity contribution < 1.29 is 0 Å². The van der Waals surface area contributed by atoms with Crippen LogP contribution in [0.3, 0.4) is 0 Å². The molecule has 4 saturated carbocycles. The summed E-state index contributed by atoms with van der Waals surface area (Å²) in [6, 6.07) is 0.637. The number of nitrogens with one attached hydrogen (secondary N) is 1. The zero-order chi connectivity index (χ0) is 13.3. The Bertz CT molecular complexity index is 515. The number of nitrogens with zero attached hydrogens (tertiary/aromatic N) is 2. The number of aromatic nitrogens is 2. The number of hydrogen-bond donors (Lipinski definition) is 1. The molecule has 0 spiro atoms. The molecular formula is C16H22BrN3. The van der Waals surface area contributed by atoms with Crippen LogP contribution in [0.25, 0.3) is 0 Å². The smallest absolute Gasteiger partial charge is 0.139 e. The van der Waals surface area contributed by atoms with E-state index in [0.717, 1.165) is 28.8 Å². The van der Waals surface area contributed by atoms with E-state index in [4.69, 9.17) is 5.10 Å². The number of rotatable bonds is 1. The van der Waals surface area contributed by atoms with Gasteiger partial charge in [0.1, 0.15) is 5.82 Å². The lowest BCUT2D eigenvalue weighted by Crippen LogP contribution is -2.51. The highest BCUT2D eigenvalue weighted by atomic mass is 79.9. The summed E-state index contributed by atoms with van der Waals surface area (Å²) in [6.07, 6.45) is 12.2. The quantitative estimate of drug-likeness (QED) is 0.832. The Morgan fingerprint density at radius 1 is 1.15 bits per heavy atom. The number of anilines is 1. The van der Waals surface area contributed by atoms with E-state index in [1.165, 1.54) is 50.8 Å². The molecule has 20 heavy (non-hydrogen) atoms. The highest BCUT2D eigenvalue weighted by Gasteiger charge is 2.55. The second-order valence-corrected chi connectivity index (χ2v) is 8.65. The summed E-state index contributed by atoms with van der Waals surface area (Å²) >= 11 is 3.64. The Balaban J connectivity index is 1.57. The average molecular weight is 336 g/mol. The zero-order valence-electron chi connectivity index (χ0n) is 11.8. The molecule has 5 aliphatic rings. The van der Waals surface area contributed by atoms with Gasteiger partial charge in [0, 0.05) is 6.54 Å². The molecule has 4 bridgehead atoms. The lowest BCUT2D eigenvalue weighted by Gasteiger charge is -2.60. The van der Waals surface area contributed by atoms with Crippen LogP contribution in [0, 0.1) is 23.2 Å². The SMILES string of the molecule is Brc1cnn2c1NCCC2C12CC3CC(CC(C3)C1)C2. The molecular weight excluding hydrogens is 314 g/mol. The van der Waals surface area contributed by atoms with Crippen LogP contribution in [0.1, 0.15) is 51.0 Å². The van der Waals surface area contributed by atoms with Crippen molar-refractivity contribution in [2.75, 3.05) is 11.9 Å². The van der Waals surface area contributed by atoms with Gasteiger partial charge in [0.25, 0.3) is 0 Å². The van der Waals surface area contributed by atoms with Crippen molar-refractivity contribution in [2.45, 2.75) is 51.0 Å². The van der Waals surface area contributed by atoms with Gasteiger partial charge < -0.3 is 5.32 Å². The van der Waals surface area contributed by atoms with Crippen molar-refractivity contribution in [3.05, 3.63) is 10.7 Å². The van der Waals surface area contributed by atoms with Gasteiger partial charge >= 0.3 is 0 Å². The van der Waals surface area contributed by atoms with Gasteiger partial charge in [-0.3, -0.25) is 0 Å². The van der Waals surface area contributed by atoms with Crippen LogP contribution in [0.4, 0.5) is 5.82 Å². The number of halogens is 1. The third-order valence-corrected chi connectivity index (χ3v) is 7.13. The fourth-order valence-corrected chi connectivity index (χ4v) is 6.76. The molecule has 1 aromatic heterocycles. The molecule has 2 heterocycles. The van der Waals surface area contributed by atoms with Crippen LogP contribution in [-0.4, -0.2) is 16.3 Å². The first-order valence-corrected chi connectivity index (χ1v) is 9.00. The van der Waals surface area contributed by atoms with E-state index in [0.29, 0.717) is 11.5 Å². The summed E-state index contributed by atoms with van der Waals surface area (Å²) in [4.78, 5) is 0. The summed E-state index contributed by atoms with van der Waals surface area (Å²) in [7, 11) is 0. The summed E-state index contributed by atoms with van der Waals surface area (Å²) in [5.74, 6) is 4.30. The van der Waals surface area contributed by atoms with Crippen molar-refractivity contribution in [1.82, 2.24) is 9.78 Å². The van der Waals surface area contributed by atoms with E-state index in [2.05, 4.69) is 25.9 Å². The Labute approximate surface area is 128 Å². The number of hydrogen-bond acceptors (Lipinski definition) is 2. The molecule has 0 amide bonds. The predicted molar refractivity (Wildman–Crippen MR) is 82.7 cm³/mol. The Kier molecular flexibility index (Phi) is 2.43. The molecule has 108 valence electrons.